The van der Waals surface area contributed by atoms with E-state index in [1.165, 1.54) is 24.3 Å². The van der Waals surface area contributed by atoms with E-state index in [0.29, 0.717) is 28.8 Å². The number of hydrogen-bond donors (Lipinski definition) is 1. The molecule has 2 atom stereocenters. The van der Waals surface area contributed by atoms with E-state index in [1.807, 2.05) is 6.07 Å². The van der Waals surface area contributed by atoms with Gasteiger partial charge in [-0.15, -0.1) is 11.3 Å². The molecular weight excluding hydrogens is 327 g/mol. The summed E-state index contributed by atoms with van der Waals surface area (Å²) in [6.07, 6.45) is 1.63. The van der Waals surface area contributed by atoms with Crippen LogP contribution >= 0.6 is 11.3 Å². The number of ketones is 1. The molecule has 0 amide bonds. The summed E-state index contributed by atoms with van der Waals surface area (Å²) >= 11 is 1.44. The molecule has 1 saturated carbocycles. The molecule has 1 heterocycles. The molecule has 5 heteroatoms. The molecule has 24 heavy (non-hydrogen) atoms. The summed E-state index contributed by atoms with van der Waals surface area (Å²) < 4.78 is 13.9. The highest BCUT2D eigenvalue weighted by atomic mass is 32.1. The largest absolute Gasteiger partial charge is 0.481 e. The Morgan fingerprint density at radius 1 is 1.29 bits per heavy atom. The molecule has 0 spiro atoms. The van der Waals surface area contributed by atoms with Crippen LogP contribution in [0.5, 0.6) is 0 Å². The zero-order chi connectivity index (χ0) is 17.5. The summed E-state index contributed by atoms with van der Waals surface area (Å²) in [6.45, 7) is 3.17. The second-order valence-corrected chi connectivity index (χ2v) is 7.61. The zero-order valence-corrected chi connectivity index (χ0v) is 14.5. The van der Waals surface area contributed by atoms with Crippen molar-refractivity contribution >= 4 is 23.1 Å². The van der Waals surface area contributed by atoms with Crippen molar-refractivity contribution in [2.24, 2.45) is 0 Å². The molecule has 1 fully saturated rings. The number of halogens is 1. The molecule has 3 rings (SSSR count). The summed E-state index contributed by atoms with van der Waals surface area (Å²) in [7, 11) is 0. The third-order valence-electron chi connectivity index (χ3n) is 5.08. The van der Waals surface area contributed by atoms with Crippen LogP contribution in [0.3, 0.4) is 0 Å². The van der Waals surface area contributed by atoms with Crippen molar-refractivity contribution in [3.05, 3.63) is 57.0 Å². The van der Waals surface area contributed by atoms with Gasteiger partial charge in [-0.25, -0.2) is 4.39 Å². The normalized spacial score (nSPS) is 23.4. The fourth-order valence-corrected chi connectivity index (χ4v) is 4.77. The Kier molecular flexibility index (Phi) is 4.30. The van der Waals surface area contributed by atoms with Crippen LogP contribution < -0.4 is 0 Å². The van der Waals surface area contributed by atoms with Crippen molar-refractivity contribution in [2.45, 2.75) is 44.4 Å². The molecular formula is C19H19FO3S. The zero-order valence-electron chi connectivity index (χ0n) is 13.6. The van der Waals surface area contributed by atoms with Crippen LogP contribution in [0.15, 0.2) is 30.3 Å². The van der Waals surface area contributed by atoms with Crippen molar-refractivity contribution in [2.75, 3.05) is 0 Å². The number of benzene rings is 1. The van der Waals surface area contributed by atoms with Crippen LogP contribution in [0.25, 0.3) is 0 Å². The highest BCUT2D eigenvalue weighted by molar-refractivity contribution is 7.14. The molecule has 3 nitrogen and oxygen atoms in total. The lowest BCUT2D eigenvalue weighted by Gasteiger charge is -2.27. The van der Waals surface area contributed by atoms with Gasteiger partial charge in [-0.05, 0) is 68.4 Å². The number of hydrogen-bond acceptors (Lipinski definition) is 3. The van der Waals surface area contributed by atoms with Gasteiger partial charge >= 0.3 is 5.97 Å². The Labute approximate surface area is 144 Å². The lowest BCUT2D eigenvalue weighted by Crippen LogP contribution is -2.34. The van der Waals surface area contributed by atoms with Gasteiger partial charge in [-0.3, -0.25) is 9.59 Å². The van der Waals surface area contributed by atoms with E-state index in [2.05, 4.69) is 0 Å². The summed E-state index contributed by atoms with van der Waals surface area (Å²) in [5, 5.41) is 9.92. The maximum absolute atomic E-state index is 13.9. The summed E-state index contributed by atoms with van der Waals surface area (Å²) in [4.78, 5) is 25.3. The van der Waals surface area contributed by atoms with Crippen molar-refractivity contribution in [1.29, 1.82) is 0 Å². The number of carbonyl (C=O) groups excluding carboxylic acids is 1. The SMILES string of the molecule is CC(=O)c1ccc([C@H]2CC[C@](C(=O)O)(c3cccc(F)c3C)C2)s1. The first-order chi connectivity index (χ1) is 11.3. The van der Waals surface area contributed by atoms with E-state index < -0.39 is 11.4 Å². The third kappa shape index (κ3) is 2.67. The Morgan fingerprint density at radius 3 is 2.67 bits per heavy atom. The van der Waals surface area contributed by atoms with Gasteiger partial charge in [0.2, 0.25) is 0 Å². The van der Waals surface area contributed by atoms with E-state index in [4.69, 9.17) is 0 Å². The molecule has 0 radical (unpaired) electrons. The maximum Gasteiger partial charge on any atom is 0.314 e. The van der Waals surface area contributed by atoms with Crippen LogP contribution in [0.1, 0.15) is 57.8 Å². The van der Waals surface area contributed by atoms with Crippen LogP contribution in [0, 0.1) is 12.7 Å². The molecule has 0 aliphatic heterocycles. The molecule has 1 aromatic carbocycles. The van der Waals surface area contributed by atoms with Gasteiger partial charge in [0.25, 0.3) is 0 Å². The number of rotatable bonds is 4. The van der Waals surface area contributed by atoms with Crippen LogP contribution in [-0.4, -0.2) is 16.9 Å². The second kappa shape index (κ2) is 6.13. The Bertz CT molecular complexity index is 811. The van der Waals surface area contributed by atoms with Gasteiger partial charge in [0, 0.05) is 4.88 Å². The average Bonchev–Trinajstić information content (AvgIpc) is 3.17. The predicted octanol–water partition coefficient (Wildman–Crippen LogP) is 4.69. The maximum atomic E-state index is 13.9. The number of thiophene rings is 1. The summed E-state index contributed by atoms with van der Waals surface area (Å²) in [5.41, 5.74) is -0.0750. The smallest absolute Gasteiger partial charge is 0.314 e. The molecule has 1 N–H and O–H groups in total. The first-order valence-electron chi connectivity index (χ1n) is 7.95. The van der Waals surface area contributed by atoms with Gasteiger partial charge in [-0.2, -0.15) is 0 Å². The molecule has 2 aromatic rings. The molecule has 0 saturated heterocycles. The van der Waals surface area contributed by atoms with Gasteiger partial charge in [0.1, 0.15) is 5.82 Å². The van der Waals surface area contributed by atoms with E-state index in [0.717, 1.165) is 11.3 Å². The van der Waals surface area contributed by atoms with Crippen LogP contribution in [-0.2, 0) is 10.2 Å². The first-order valence-corrected chi connectivity index (χ1v) is 8.76. The number of carboxylic acids is 1. The quantitative estimate of drug-likeness (QED) is 0.817. The Morgan fingerprint density at radius 2 is 2.04 bits per heavy atom. The van der Waals surface area contributed by atoms with Gasteiger partial charge < -0.3 is 5.11 Å². The van der Waals surface area contributed by atoms with Crippen molar-refractivity contribution in [1.82, 2.24) is 0 Å². The third-order valence-corrected chi connectivity index (χ3v) is 6.43. The monoisotopic (exact) mass is 346 g/mol. The summed E-state index contributed by atoms with van der Waals surface area (Å²) in [5.74, 6) is -1.16. The van der Waals surface area contributed by atoms with Gasteiger partial charge in [0.15, 0.2) is 5.78 Å². The minimum atomic E-state index is -1.06. The molecule has 1 aliphatic rings. The average molecular weight is 346 g/mol. The standard InChI is InChI=1S/C19H19FO3S/c1-11-14(4-3-5-15(11)20)19(18(22)23)9-8-13(10-19)17-7-6-16(24-17)12(2)21/h3-7,13H,8-10H2,1-2H3,(H,22,23)/t13-,19+/m0/s1. The van der Waals surface area contributed by atoms with Crippen molar-refractivity contribution < 1.29 is 19.1 Å². The van der Waals surface area contributed by atoms with E-state index in [1.54, 1.807) is 25.1 Å². The lowest BCUT2D eigenvalue weighted by molar-refractivity contribution is -0.143. The molecule has 1 aliphatic carbocycles. The van der Waals surface area contributed by atoms with Crippen molar-refractivity contribution in [3.63, 3.8) is 0 Å². The van der Waals surface area contributed by atoms with E-state index in [9.17, 15) is 19.1 Å². The number of aliphatic carboxylic acids is 1. The Balaban J connectivity index is 1.97. The van der Waals surface area contributed by atoms with E-state index >= 15 is 0 Å². The molecule has 1 aromatic heterocycles. The minimum Gasteiger partial charge on any atom is -0.481 e. The second-order valence-electron chi connectivity index (χ2n) is 6.50. The number of Topliss-reactive ketones (excluding diaryl/α,β-unsaturated/α-hetero) is 1. The Hall–Kier alpha value is -2.01. The van der Waals surface area contributed by atoms with Gasteiger partial charge in [-0.1, -0.05) is 12.1 Å². The molecule has 0 unspecified atom stereocenters. The highest BCUT2D eigenvalue weighted by Crippen LogP contribution is 2.50. The molecule has 126 valence electrons. The minimum absolute atomic E-state index is 0.0229. The first kappa shape index (κ1) is 16.8. The van der Waals surface area contributed by atoms with Crippen LogP contribution in [0.4, 0.5) is 4.39 Å². The predicted molar refractivity (Wildman–Crippen MR) is 91.4 cm³/mol. The topological polar surface area (TPSA) is 54.4 Å². The lowest BCUT2D eigenvalue weighted by atomic mass is 9.76. The summed E-state index contributed by atoms with van der Waals surface area (Å²) in [6, 6.07) is 8.39. The van der Waals surface area contributed by atoms with E-state index in [-0.39, 0.29) is 17.5 Å². The molecule has 0 bridgehead atoms. The van der Waals surface area contributed by atoms with Crippen molar-refractivity contribution in [3.8, 4) is 0 Å². The fraction of sp³-hybridized carbons (Fsp3) is 0.368. The van der Waals surface area contributed by atoms with Crippen LogP contribution in [0.2, 0.25) is 0 Å². The number of carbonyl (C=O) groups is 2. The number of carboxylic acid groups (broad SMARTS) is 1. The fourth-order valence-electron chi connectivity index (χ4n) is 3.73. The van der Waals surface area contributed by atoms with Gasteiger partial charge in [0.05, 0.1) is 10.3 Å². The highest BCUT2D eigenvalue weighted by Gasteiger charge is 2.48.